The smallest absolute Gasteiger partial charge is 0.275 e. The van der Waals surface area contributed by atoms with Gasteiger partial charge in [-0.3, -0.25) is 4.79 Å². The number of amides is 1. The van der Waals surface area contributed by atoms with Crippen molar-refractivity contribution in [1.82, 2.24) is 5.32 Å². The number of thiophene rings is 1. The molecule has 1 aliphatic rings. The van der Waals surface area contributed by atoms with Crippen LogP contribution in [0.5, 0.6) is 5.75 Å². The highest BCUT2D eigenvalue weighted by molar-refractivity contribution is 7.10. The van der Waals surface area contributed by atoms with Crippen LogP contribution in [-0.4, -0.2) is 45.7 Å². The lowest BCUT2D eigenvalue weighted by atomic mass is 10.1. The number of hydrogen-bond donors (Lipinski definition) is 3. The maximum Gasteiger partial charge on any atom is 0.275 e. The molecule has 3 rings (SSSR count). The van der Waals surface area contributed by atoms with E-state index >= 15 is 0 Å². The largest absolute Gasteiger partial charge is 0.496 e. The first-order chi connectivity index (χ1) is 13.0. The van der Waals surface area contributed by atoms with Crippen molar-refractivity contribution in [3.05, 3.63) is 52.0 Å². The molecule has 1 aromatic heterocycles. The van der Waals surface area contributed by atoms with E-state index in [0.717, 1.165) is 44.0 Å². The van der Waals surface area contributed by atoms with E-state index in [4.69, 9.17) is 4.74 Å². The van der Waals surface area contributed by atoms with E-state index < -0.39 is 0 Å². The molecule has 27 heavy (non-hydrogen) atoms. The zero-order valence-corrected chi connectivity index (χ0v) is 16.7. The van der Waals surface area contributed by atoms with E-state index in [2.05, 4.69) is 5.32 Å². The lowest BCUT2D eigenvalue weighted by Crippen LogP contribution is -3.28. The van der Waals surface area contributed by atoms with E-state index in [0.29, 0.717) is 6.54 Å². The number of piperazine rings is 1. The van der Waals surface area contributed by atoms with Gasteiger partial charge in [0.15, 0.2) is 6.54 Å². The Morgan fingerprint density at radius 3 is 2.67 bits per heavy atom. The predicted molar refractivity (Wildman–Crippen MR) is 104 cm³/mol. The first kappa shape index (κ1) is 19.8. The third kappa shape index (κ3) is 5.51. The highest BCUT2D eigenvalue weighted by Gasteiger charge is 2.26. The van der Waals surface area contributed by atoms with Gasteiger partial charge in [0.05, 0.1) is 18.7 Å². The first-order valence-electron chi connectivity index (χ1n) is 9.37. The van der Waals surface area contributed by atoms with Gasteiger partial charge in [0.2, 0.25) is 0 Å². The molecule has 0 radical (unpaired) electrons. The number of nitrogens with one attached hydrogen (secondary N) is 3. The number of carbonyl (C=O) groups is 1. The van der Waals surface area contributed by atoms with E-state index in [1.54, 1.807) is 30.6 Å². The van der Waals surface area contributed by atoms with Crippen molar-refractivity contribution < 1.29 is 23.7 Å². The molecule has 1 aromatic carbocycles. The first-order valence-corrected chi connectivity index (χ1v) is 10.3. The molecule has 1 atom stereocenters. The fourth-order valence-electron chi connectivity index (χ4n) is 3.59. The standard InChI is InChI=1S/C20H26FN3O2S/c1-15(19-4-3-11-27-19)22-20(25)14-24-9-7-23(8-10-24)13-16-12-17(21)5-6-18(16)26-2/h3-6,11-12,15H,7-10,13-14H2,1-2H3,(H,22,25)/p+2/t15-/m1/s1. The molecule has 146 valence electrons. The summed E-state index contributed by atoms with van der Waals surface area (Å²) in [4.78, 5) is 16.2. The monoisotopic (exact) mass is 393 g/mol. The Balaban J connectivity index is 1.45. The summed E-state index contributed by atoms with van der Waals surface area (Å²) in [5.41, 5.74) is 0.901. The number of rotatable bonds is 7. The van der Waals surface area contributed by atoms with Crippen LogP contribution in [0.2, 0.25) is 0 Å². The minimum atomic E-state index is -0.231. The molecule has 3 N–H and O–H groups in total. The lowest BCUT2D eigenvalue weighted by molar-refractivity contribution is -1.02. The quantitative estimate of drug-likeness (QED) is 0.623. The fourth-order valence-corrected chi connectivity index (χ4v) is 4.33. The molecule has 1 aliphatic heterocycles. The van der Waals surface area contributed by atoms with E-state index in [-0.39, 0.29) is 17.8 Å². The van der Waals surface area contributed by atoms with Gasteiger partial charge in [0, 0.05) is 4.88 Å². The normalized spacial score (nSPS) is 20.9. The molecule has 0 unspecified atom stereocenters. The van der Waals surface area contributed by atoms with Crippen LogP contribution in [0, 0.1) is 5.82 Å². The number of ether oxygens (including phenoxy) is 1. The molecule has 0 spiro atoms. The minimum absolute atomic E-state index is 0.0595. The van der Waals surface area contributed by atoms with Gasteiger partial charge in [-0.25, -0.2) is 4.39 Å². The van der Waals surface area contributed by atoms with Crippen molar-refractivity contribution in [1.29, 1.82) is 0 Å². The van der Waals surface area contributed by atoms with Crippen molar-refractivity contribution in [3.8, 4) is 5.75 Å². The molecule has 1 saturated heterocycles. The molecular weight excluding hydrogens is 365 g/mol. The number of halogens is 1. The summed E-state index contributed by atoms with van der Waals surface area (Å²) in [5, 5.41) is 5.11. The van der Waals surface area contributed by atoms with Crippen LogP contribution in [0.4, 0.5) is 4.39 Å². The maximum absolute atomic E-state index is 13.5. The van der Waals surface area contributed by atoms with Crippen LogP contribution in [-0.2, 0) is 11.3 Å². The van der Waals surface area contributed by atoms with Crippen LogP contribution in [0.3, 0.4) is 0 Å². The van der Waals surface area contributed by atoms with Crippen LogP contribution in [0.25, 0.3) is 0 Å². The summed E-state index contributed by atoms with van der Waals surface area (Å²) in [5.74, 6) is 0.604. The van der Waals surface area contributed by atoms with E-state index in [1.807, 2.05) is 24.4 Å². The van der Waals surface area contributed by atoms with Crippen molar-refractivity contribution in [2.45, 2.75) is 19.5 Å². The average Bonchev–Trinajstić information content (AvgIpc) is 3.18. The van der Waals surface area contributed by atoms with Crippen molar-refractivity contribution in [2.75, 3.05) is 39.8 Å². The summed E-state index contributed by atoms with van der Waals surface area (Å²) in [6.07, 6.45) is 0. The minimum Gasteiger partial charge on any atom is -0.496 e. The fraction of sp³-hybridized carbons (Fsp3) is 0.450. The third-order valence-electron chi connectivity index (χ3n) is 5.11. The average molecular weight is 394 g/mol. The summed E-state index contributed by atoms with van der Waals surface area (Å²) >= 11 is 1.66. The lowest BCUT2D eigenvalue weighted by Gasteiger charge is -2.30. The molecule has 2 aromatic rings. The third-order valence-corrected chi connectivity index (χ3v) is 6.16. The van der Waals surface area contributed by atoms with Gasteiger partial charge >= 0.3 is 0 Å². The predicted octanol–water partition coefficient (Wildman–Crippen LogP) is 0.0566. The van der Waals surface area contributed by atoms with Gasteiger partial charge in [-0.05, 0) is 36.6 Å². The van der Waals surface area contributed by atoms with Crippen LogP contribution < -0.4 is 19.9 Å². The molecule has 7 heteroatoms. The van der Waals surface area contributed by atoms with E-state index in [9.17, 15) is 9.18 Å². The number of quaternary nitrogens is 2. The summed E-state index contributed by atoms with van der Waals surface area (Å²) in [7, 11) is 1.62. The Labute approximate surface area is 163 Å². The number of methoxy groups -OCH3 is 1. The molecule has 0 bridgehead atoms. The molecule has 1 amide bonds. The summed E-state index contributed by atoms with van der Waals surface area (Å²) < 4.78 is 18.9. The zero-order valence-electron chi connectivity index (χ0n) is 15.9. The second-order valence-corrected chi connectivity index (χ2v) is 8.09. The second kappa shape index (κ2) is 9.30. The van der Waals surface area contributed by atoms with Gasteiger partial charge in [-0.2, -0.15) is 0 Å². The highest BCUT2D eigenvalue weighted by Crippen LogP contribution is 2.18. The Morgan fingerprint density at radius 1 is 1.26 bits per heavy atom. The molecule has 0 aliphatic carbocycles. The topological polar surface area (TPSA) is 47.2 Å². The van der Waals surface area contributed by atoms with Gasteiger partial charge in [-0.1, -0.05) is 6.07 Å². The van der Waals surface area contributed by atoms with Crippen LogP contribution in [0.1, 0.15) is 23.4 Å². The van der Waals surface area contributed by atoms with Crippen molar-refractivity contribution in [2.24, 2.45) is 0 Å². The maximum atomic E-state index is 13.5. The molecule has 0 saturated carbocycles. The number of carbonyl (C=O) groups excluding carboxylic acids is 1. The van der Waals surface area contributed by atoms with Gasteiger partial charge in [-0.15, -0.1) is 11.3 Å². The van der Waals surface area contributed by atoms with Crippen molar-refractivity contribution in [3.63, 3.8) is 0 Å². The van der Waals surface area contributed by atoms with Crippen molar-refractivity contribution >= 4 is 17.2 Å². The van der Waals surface area contributed by atoms with Crippen LogP contribution >= 0.6 is 11.3 Å². The van der Waals surface area contributed by atoms with E-state index in [1.165, 1.54) is 20.7 Å². The summed E-state index contributed by atoms with van der Waals surface area (Å²) in [6.45, 7) is 7.07. The summed E-state index contributed by atoms with van der Waals surface area (Å²) in [6, 6.07) is 8.78. The Kier molecular flexibility index (Phi) is 6.82. The van der Waals surface area contributed by atoms with Gasteiger partial charge in [0.25, 0.3) is 5.91 Å². The molecule has 2 heterocycles. The number of benzene rings is 1. The molecular formula is C20H28FN3O2S+2. The Hall–Kier alpha value is -1.96. The van der Waals surface area contributed by atoms with Crippen LogP contribution in [0.15, 0.2) is 35.7 Å². The highest BCUT2D eigenvalue weighted by atomic mass is 32.1. The molecule has 1 fully saturated rings. The zero-order chi connectivity index (χ0) is 19.2. The number of hydrogen-bond acceptors (Lipinski definition) is 3. The molecule has 5 nitrogen and oxygen atoms in total. The van der Waals surface area contributed by atoms with Gasteiger partial charge in [0.1, 0.15) is 44.3 Å². The Bertz CT molecular complexity index is 746. The SMILES string of the molecule is COc1ccc(F)cc1C[NH+]1CC[NH+](CC(=O)N[C@H](C)c2cccs2)CC1. The Morgan fingerprint density at radius 2 is 2.00 bits per heavy atom. The van der Waals surface area contributed by atoms with Gasteiger partial charge < -0.3 is 19.9 Å². The second-order valence-electron chi connectivity index (χ2n) is 7.11.